The van der Waals surface area contributed by atoms with Crippen LogP contribution < -0.4 is 0 Å². The van der Waals surface area contributed by atoms with Crippen LogP contribution in [0.3, 0.4) is 0 Å². The number of benzene rings is 2. The lowest BCUT2D eigenvalue weighted by atomic mass is 10.2. The average Bonchev–Trinajstić information content (AvgIpc) is 2.73. The molecule has 0 atom stereocenters. The van der Waals surface area contributed by atoms with Gasteiger partial charge in [-0.1, -0.05) is 12.1 Å². The van der Waals surface area contributed by atoms with Gasteiger partial charge in [0.1, 0.15) is 17.3 Å². The molecule has 100 valence electrons. The van der Waals surface area contributed by atoms with Gasteiger partial charge in [-0.15, -0.1) is 0 Å². The van der Waals surface area contributed by atoms with Gasteiger partial charge < -0.3 is 0 Å². The van der Waals surface area contributed by atoms with E-state index in [1.165, 1.54) is 6.07 Å². The van der Waals surface area contributed by atoms with Gasteiger partial charge in [0.25, 0.3) is 5.69 Å². The molecule has 0 spiro atoms. The van der Waals surface area contributed by atoms with E-state index in [4.69, 9.17) is 0 Å². The first-order valence-corrected chi connectivity index (χ1v) is 5.96. The number of rotatable bonds is 2. The van der Waals surface area contributed by atoms with Crippen LogP contribution in [0.25, 0.3) is 16.7 Å². The number of aromatic nitrogens is 2. The number of para-hydroxylation sites is 2. The van der Waals surface area contributed by atoms with Gasteiger partial charge in [0.2, 0.25) is 0 Å². The van der Waals surface area contributed by atoms with E-state index in [0.29, 0.717) is 16.9 Å². The van der Waals surface area contributed by atoms with Gasteiger partial charge in [0.05, 0.1) is 16.0 Å². The molecule has 0 amide bonds. The summed E-state index contributed by atoms with van der Waals surface area (Å²) in [6.45, 7) is 1.73. The third kappa shape index (κ3) is 1.82. The highest BCUT2D eigenvalue weighted by molar-refractivity contribution is 5.79. The van der Waals surface area contributed by atoms with Crippen molar-refractivity contribution in [3.63, 3.8) is 0 Å². The lowest BCUT2D eigenvalue weighted by Gasteiger charge is -2.07. The van der Waals surface area contributed by atoms with Gasteiger partial charge in [0, 0.05) is 12.1 Å². The van der Waals surface area contributed by atoms with Crippen molar-refractivity contribution in [2.24, 2.45) is 0 Å². The largest absolute Gasteiger partial charge is 0.293 e. The summed E-state index contributed by atoms with van der Waals surface area (Å²) in [5.74, 6) is 0.0441. The number of fused-ring (bicyclic) bond motifs is 1. The second kappa shape index (κ2) is 4.41. The van der Waals surface area contributed by atoms with Crippen LogP contribution in [0.4, 0.5) is 10.1 Å². The zero-order valence-electron chi connectivity index (χ0n) is 10.6. The van der Waals surface area contributed by atoms with E-state index in [-0.39, 0.29) is 11.4 Å². The quantitative estimate of drug-likeness (QED) is 0.530. The Kier molecular flexibility index (Phi) is 2.71. The zero-order valence-corrected chi connectivity index (χ0v) is 10.6. The lowest BCUT2D eigenvalue weighted by molar-refractivity contribution is -0.384. The van der Waals surface area contributed by atoms with Crippen molar-refractivity contribution >= 4 is 16.7 Å². The number of hydrogen-bond acceptors (Lipinski definition) is 3. The van der Waals surface area contributed by atoms with Crippen molar-refractivity contribution in [3.05, 3.63) is 64.2 Å². The number of nitro benzene ring substituents is 1. The topological polar surface area (TPSA) is 61.0 Å². The number of hydrogen-bond donors (Lipinski definition) is 0. The van der Waals surface area contributed by atoms with Crippen LogP contribution in [0.5, 0.6) is 0 Å². The Balaban J connectivity index is 2.39. The molecule has 0 aliphatic rings. The summed E-state index contributed by atoms with van der Waals surface area (Å²) < 4.78 is 15.1. The monoisotopic (exact) mass is 271 g/mol. The standard InChI is InChI=1S/C14H10FN3O2/c1-9-16-11-4-2-3-5-12(11)17(9)14-8-10(15)6-7-13(14)18(19)20/h2-8H,1H3. The molecule has 6 heteroatoms. The van der Waals surface area contributed by atoms with Gasteiger partial charge in [-0.25, -0.2) is 9.37 Å². The van der Waals surface area contributed by atoms with Crippen LogP contribution in [0.1, 0.15) is 5.82 Å². The van der Waals surface area contributed by atoms with Gasteiger partial charge in [-0.05, 0) is 25.1 Å². The molecule has 0 saturated carbocycles. The van der Waals surface area contributed by atoms with Crippen LogP contribution in [-0.4, -0.2) is 14.5 Å². The van der Waals surface area contributed by atoms with E-state index < -0.39 is 10.7 Å². The van der Waals surface area contributed by atoms with E-state index in [0.717, 1.165) is 12.1 Å². The summed E-state index contributed by atoms with van der Waals surface area (Å²) in [5, 5.41) is 11.1. The summed E-state index contributed by atoms with van der Waals surface area (Å²) in [4.78, 5) is 14.9. The first-order chi connectivity index (χ1) is 9.58. The summed E-state index contributed by atoms with van der Waals surface area (Å²) in [6, 6.07) is 10.6. The fourth-order valence-electron chi connectivity index (χ4n) is 2.28. The SMILES string of the molecule is Cc1nc2ccccc2n1-c1cc(F)ccc1[N+](=O)[O-]. The fraction of sp³-hybridized carbons (Fsp3) is 0.0714. The van der Waals surface area contributed by atoms with E-state index in [9.17, 15) is 14.5 Å². The van der Waals surface area contributed by atoms with Crippen LogP contribution in [0, 0.1) is 22.9 Å². The molecule has 0 fully saturated rings. The molecule has 3 rings (SSSR count). The minimum atomic E-state index is -0.525. The molecule has 0 bridgehead atoms. The molecule has 0 saturated heterocycles. The van der Waals surface area contributed by atoms with Crippen molar-refractivity contribution in [3.8, 4) is 5.69 Å². The average molecular weight is 271 g/mol. The Bertz CT molecular complexity index is 826. The summed E-state index contributed by atoms with van der Waals surface area (Å²) in [7, 11) is 0. The number of halogens is 1. The predicted octanol–water partition coefficient (Wildman–Crippen LogP) is 3.38. The Morgan fingerprint density at radius 3 is 2.75 bits per heavy atom. The van der Waals surface area contributed by atoms with Gasteiger partial charge in [-0.3, -0.25) is 14.7 Å². The number of nitrogens with zero attached hydrogens (tertiary/aromatic N) is 3. The maximum absolute atomic E-state index is 13.5. The predicted molar refractivity (Wildman–Crippen MR) is 72.4 cm³/mol. The molecule has 20 heavy (non-hydrogen) atoms. The minimum absolute atomic E-state index is 0.155. The molecule has 5 nitrogen and oxygen atoms in total. The van der Waals surface area contributed by atoms with Crippen molar-refractivity contribution in [2.75, 3.05) is 0 Å². The molecular formula is C14H10FN3O2. The van der Waals surface area contributed by atoms with Crippen LogP contribution in [-0.2, 0) is 0 Å². The first kappa shape index (κ1) is 12.3. The summed E-state index contributed by atoms with van der Waals surface area (Å²) in [6.07, 6.45) is 0. The Morgan fingerprint density at radius 1 is 1.25 bits per heavy atom. The normalized spacial score (nSPS) is 10.9. The third-order valence-corrected chi connectivity index (χ3v) is 3.10. The molecule has 0 unspecified atom stereocenters. The van der Waals surface area contributed by atoms with Crippen molar-refractivity contribution in [1.82, 2.24) is 9.55 Å². The van der Waals surface area contributed by atoms with E-state index in [2.05, 4.69) is 4.98 Å². The molecule has 1 heterocycles. The smallest absolute Gasteiger partial charge is 0.290 e. The molecule has 0 N–H and O–H groups in total. The maximum atomic E-state index is 13.5. The molecular weight excluding hydrogens is 261 g/mol. The highest BCUT2D eigenvalue weighted by Gasteiger charge is 2.19. The Hall–Kier alpha value is -2.76. The van der Waals surface area contributed by atoms with Crippen LogP contribution >= 0.6 is 0 Å². The third-order valence-electron chi connectivity index (χ3n) is 3.10. The Morgan fingerprint density at radius 2 is 2.00 bits per heavy atom. The maximum Gasteiger partial charge on any atom is 0.293 e. The van der Waals surface area contributed by atoms with E-state index in [1.54, 1.807) is 17.6 Å². The molecule has 0 aliphatic heterocycles. The molecule has 2 aromatic carbocycles. The van der Waals surface area contributed by atoms with E-state index in [1.807, 2.05) is 18.2 Å². The van der Waals surface area contributed by atoms with Gasteiger partial charge in [-0.2, -0.15) is 0 Å². The summed E-state index contributed by atoms with van der Waals surface area (Å²) >= 11 is 0. The van der Waals surface area contributed by atoms with Crippen molar-refractivity contribution in [1.29, 1.82) is 0 Å². The number of imidazole rings is 1. The second-order valence-electron chi connectivity index (χ2n) is 4.37. The van der Waals surface area contributed by atoms with E-state index >= 15 is 0 Å². The highest BCUT2D eigenvalue weighted by Crippen LogP contribution is 2.28. The molecule has 0 aliphatic carbocycles. The molecule has 3 aromatic rings. The Labute approximate surface area is 113 Å². The lowest BCUT2D eigenvalue weighted by Crippen LogP contribution is -2.02. The van der Waals surface area contributed by atoms with Crippen molar-refractivity contribution in [2.45, 2.75) is 6.92 Å². The number of nitro groups is 1. The van der Waals surface area contributed by atoms with Gasteiger partial charge in [0.15, 0.2) is 0 Å². The van der Waals surface area contributed by atoms with Crippen LogP contribution in [0.2, 0.25) is 0 Å². The number of aryl methyl sites for hydroxylation is 1. The molecule has 1 aromatic heterocycles. The summed E-state index contributed by atoms with van der Waals surface area (Å²) in [5.41, 5.74) is 1.45. The zero-order chi connectivity index (χ0) is 14.3. The highest BCUT2D eigenvalue weighted by atomic mass is 19.1. The van der Waals surface area contributed by atoms with Crippen molar-refractivity contribution < 1.29 is 9.31 Å². The van der Waals surface area contributed by atoms with Gasteiger partial charge >= 0.3 is 0 Å². The van der Waals surface area contributed by atoms with Crippen LogP contribution in [0.15, 0.2) is 42.5 Å². The minimum Gasteiger partial charge on any atom is -0.290 e. The first-order valence-electron chi connectivity index (χ1n) is 5.96. The fourth-order valence-corrected chi connectivity index (χ4v) is 2.28. The molecule has 0 radical (unpaired) electrons. The second-order valence-corrected chi connectivity index (χ2v) is 4.37.